The average molecular weight is 443 g/mol. The number of para-hydroxylation sites is 1. The minimum atomic E-state index is 0. The number of unbranched alkanes of at least 4 members (excludes halogenated alkanes) is 4. The Balaban J connectivity index is 0.00000280. The van der Waals surface area contributed by atoms with Crippen molar-refractivity contribution in [2.24, 2.45) is 0 Å². The van der Waals surface area contributed by atoms with Gasteiger partial charge in [0.2, 0.25) is 0 Å². The molecular weight excluding hydrogens is 412 g/mol. The molecule has 0 saturated carbocycles. The Morgan fingerprint density at radius 3 is 2.29 bits per heavy atom. The van der Waals surface area contributed by atoms with Gasteiger partial charge in [-0.25, -0.2) is 4.57 Å². The van der Waals surface area contributed by atoms with Crippen molar-refractivity contribution in [3.05, 3.63) is 65.1 Å². The van der Waals surface area contributed by atoms with Crippen LogP contribution in [-0.2, 0) is 13.1 Å². The molecule has 28 heavy (non-hydrogen) atoms. The molecule has 4 heteroatoms. The Bertz CT molecular complexity index is 931. The first-order valence-corrected chi connectivity index (χ1v) is 10.4. The molecule has 3 rings (SSSR count). The molecule has 0 radical (unpaired) electrons. The van der Waals surface area contributed by atoms with E-state index in [0.29, 0.717) is 0 Å². The van der Waals surface area contributed by atoms with Crippen molar-refractivity contribution < 1.29 is 21.5 Å². The van der Waals surface area contributed by atoms with E-state index in [-0.39, 0.29) is 22.4 Å². The van der Waals surface area contributed by atoms with Crippen LogP contribution in [0, 0.1) is 0 Å². The lowest BCUT2D eigenvalue weighted by molar-refractivity contribution is -0.697. The third kappa shape index (κ3) is 5.32. The van der Waals surface area contributed by atoms with Gasteiger partial charge in [0.05, 0.1) is 11.2 Å². The number of aromatic nitrogens is 2. The zero-order chi connectivity index (χ0) is 19.1. The van der Waals surface area contributed by atoms with Crippen LogP contribution in [0.2, 0.25) is 0 Å². The summed E-state index contributed by atoms with van der Waals surface area (Å²) in [5.74, 6) is 0. The highest BCUT2D eigenvalue weighted by Gasteiger charge is 2.12. The van der Waals surface area contributed by atoms with Crippen LogP contribution in [0.15, 0.2) is 59.7 Å². The number of hydrogen-bond acceptors (Lipinski definition) is 1. The normalized spacial score (nSPS) is 10.8. The van der Waals surface area contributed by atoms with Gasteiger partial charge in [-0.15, -0.1) is 0 Å². The summed E-state index contributed by atoms with van der Waals surface area (Å²) in [4.78, 5) is 12.7. The number of rotatable bonds is 9. The van der Waals surface area contributed by atoms with E-state index >= 15 is 0 Å². The number of benzene rings is 1. The predicted octanol–water partition coefficient (Wildman–Crippen LogP) is 2.34. The fourth-order valence-corrected chi connectivity index (χ4v) is 3.65. The highest BCUT2D eigenvalue weighted by molar-refractivity contribution is 5.82. The van der Waals surface area contributed by atoms with Crippen LogP contribution in [0.4, 0.5) is 0 Å². The maximum atomic E-state index is 12.7. The van der Waals surface area contributed by atoms with Crippen LogP contribution in [-0.4, -0.2) is 4.57 Å². The second-order valence-corrected chi connectivity index (χ2v) is 7.30. The molecule has 0 spiro atoms. The van der Waals surface area contributed by atoms with Gasteiger partial charge in [-0.2, -0.15) is 0 Å². The van der Waals surface area contributed by atoms with Gasteiger partial charge in [0, 0.05) is 42.1 Å². The van der Waals surface area contributed by atoms with Crippen LogP contribution in [0.25, 0.3) is 22.2 Å². The molecule has 2 aromatic heterocycles. The van der Waals surface area contributed by atoms with Gasteiger partial charge in [-0.05, 0) is 25.0 Å². The van der Waals surface area contributed by atoms with Crippen molar-refractivity contribution >= 4 is 10.9 Å². The summed E-state index contributed by atoms with van der Waals surface area (Å²) < 4.78 is 4.56. The zero-order valence-corrected chi connectivity index (χ0v) is 18.6. The smallest absolute Gasteiger partial charge is 0.190 e. The summed E-state index contributed by atoms with van der Waals surface area (Å²) in [5, 5.41) is 0.809. The molecule has 3 nitrogen and oxygen atoms in total. The third-order valence-electron chi connectivity index (χ3n) is 5.21. The molecule has 0 amide bonds. The van der Waals surface area contributed by atoms with E-state index in [4.69, 9.17) is 0 Å². The van der Waals surface area contributed by atoms with E-state index in [0.717, 1.165) is 41.7 Å². The number of hydrogen-bond donors (Lipinski definition) is 0. The first kappa shape index (κ1) is 22.4. The van der Waals surface area contributed by atoms with Crippen LogP contribution >= 0.6 is 0 Å². The molecular formula is C24H31BrN2O. The van der Waals surface area contributed by atoms with E-state index in [1.54, 1.807) is 0 Å². The van der Waals surface area contributed by atoms with Gasteiger partial charge >= 0.3 is 0 Å². The third-order valence-corrected chi connectivity index (χ3v) is 5.21. The van der Waals surface area contributed by atoms with Crippen molar-refractivity contribution in [3.63, 3.8) is 0 Å². The van der Waals surface area contributed by atoms with Gasteiger partial charge in [0.1, 0.15) is 6.54 Å². The number of halogens is 1. The van der Waals surface area contributed by atoms with Gasteiger partial charge in [-0.3, -0.25) is 4.79 Å². The minimum absolute atomic E-state index is 0. The second kappa shape index (κ2) is 11.2. The molecule has 150 valence electrons. The lowest BCUT2D eigenvalue weighted by Crippen LogP contribution is -3.00. The number of fused-ring (bicyclic) bond motifs is 1. The number of aryl methyl sites for hydroxylation is 2. The highest BCUT2D eigenvalue weighted by Crippen LogP contribution is 2.23. The molecule has 0 unspecified atom stereocenters. The molecule has 0 aliphatic carbocycles. The van der Waals surface area contributed by atoms with Crippen LogP contribution in [0.5, 0.6) is 0 Å². The Morgan fingerprint density at radius 1 is 0.893 bits per heavy atom. The monoisotopic (exact) mass is 442 g/mol. The Labute approximate surface area is 178 Å². The Morgan fingerprint density at radius 2 is 1.57 bits per heavy atom. The van der Waals surface area contributed by atoms with Crippen molar-refractivity contribution in [1.82, 2.24) is 4.57 Å². The maximum absolute atomic E-state index is 12.7. The quantitative estimate of drug-likeness (QED) is 0.368. The van der Waals surface area contributed by atoms with E-state index in [1.807, 2.05) is 24.3 Å². The van der Waals surface area contributed by atoms with E-state index in [2.05, 4.69) is 53.6 Å². The Kier molecular flexibility index (Phi) is 8.91. The number of nitrogens with zero attached hydrogens (tertiary/aromatic N) is 2. The standard InChI is InChI=1S/C24H31N2O.BrH/c1-3-5-9-15-25-17-13-20(14-18-25)23-19-24(27)21-11-7-8-12-22(21)26(23)16-10-6-4-2;/h7-8,11-14,17-19H,3-6,9-10,15-16H2,1-2H3;1H/q+1;/p-1. The molecule has 0 fully saturated rings. The molecule has 3 aromatic rings. The van der Waals surface area contributed by atoms with Crippen molar-refractivity contribution in [3.8, 4) is 11.3 Å². The fraction of sp³-hybridized carbons (Fsp3) is 0.417. The second-order valence-electron chi connectivity index (χ2n) is 7.30. The van der Waals surface area contributed by atoms with Gasteiger partial charge in [-0.1, -0.05) is 45.2 Å². The highest BCUT2D eigenvalue weighted by atomic mass is 79.9. The fourth-order valence-electron chi connectivity index (χ4n) is 3.65. The van der Waals surface area contributed by atoms with Crippen molar-refractivity contribution in [2.75, 3.05) is 0 Å². The van der Waals surface area contributed by atoms with Gasteiger partial charge < -0.3 is 21.5 Å². The summed E-state index contributed by atoms with van der Waals surface area (Å²) >= 11 is 0. The molecule has 2 heterocycles. The summed E-state index contributed by atoms with van der Waals surface area (Å²) in [6.45, 7) is 6.44. The Hall–Kier alpha value is -1.94. The van der Waals surface area contributed by atoms with Gasteiger partial charge in [0.15, 0.2) is 17.8 Å². The molecule has 0 aliphatic rings. The minimum Gasteiger partial charge on any atom is -1.00 e. The summed E-state index contributed by atoms with van der Waals surface area (Å²) in [6, 6.07) is 14.1. The summed E-state index contributed by atoms with van der Waals surface area (Å²) in [6.07, 6.45) is 11.5. The van der Waals surface area contributed by atoms with E-state index in [9.17, 15) is 4.79 Å². The topological polar surface area (TPSA) is 25.9 Å². The van der Waals surface area contributed by atoms with Crippen LogP contribution < -0.4 is 27.0 Å². The lowest BCUT2D eigenvalue weighted by Gasteiger charge is -2.17. The number of pyridine rings is 2. The average Bonchev–Trinajstić information content (AvgIpc) is 2.70. The van der Waals surface area contributed by atoms with Gasteiger partial charge in [0.25, 0.3) is 0 Å². The van der Waals surface area contributed by atoms with Crippen LogP contribution in [0.1, 0.15) is 52.4 Å². The van der Waals surface area contributed by atoms with Crippen molar-refractivity contribution in [2.45, 2.75) is 65.5 Å². The van der Waals surface area contributed by atoms with Crippen molar-refractivity contribution in [1.29, 1.82) is 0 Å². The molecule has 0 atom stereocenters. The molecule has 1 aromatic carbocycles. The maximum Gasteiger partial charge on any atom is 0.190 e. The molecule has 0 saturated heterocycles. The molecule has 0 aliphatic heterocycles. The first-order chi connectivity index (χ1) is 13.2. The molecule has 0 bridgehead atoms. The summed E-state index contributed by atoms with van der Waals surface area (Å²) in [7, 11) is 0. The lowest BCUT2D eigenvalue weighted by atomic mass is 10.1. The largest absolute Gasteiger partial charge is 1.00 e. The molecule has 0 N–H and O–H groups in total. The van der Waals surface area contributed by atoms with E-state index < -0.39 is 0 Å². The SMILES string of the molecule is CCCCCn1c(-c2cc[n+](CCCCC)cc2)cc(=O)c2ccccc21.[Br-]. The van der Waals surface area contributed by atoms with E-state index in [1.165, 1.54) is 32.1 Å². The zero-order valence-electron chi connectivity index (χ0n) is 17.0. The first-order valence-electron chi connectivity index (χ1n) is 10.4. The predicted molar refractivity (Wildman–Crippen MR) is 113 cm³/mol. The van der Waals surface area contributed by atoms with Crippen LogP contribution in [0.3, 0.4) is 0 Å². The summed E-state index contributed by atoms with van der Waals surface area (Å²) in [5.41, 5.74) is 3.28.